The number of oxazole rings is 1. The molecule has 19 heavy (non-hydrogen) atoms. The quantitative estimate of drug-likeness (QED) is 0.902. The van der Waals surface area contributed by atoms with Gasteiger partial charge in [-0.3, -0.25) is 0 Å². The minimum absolute atomic E-state index is 0.263. The Bertz CT molecular complexity index is 567. The van der Waals surface area contributed by atoms with E-state index in [1.54, 1.807) is 20.2 Å². The predicted molar refractivity (Wildman–Crippen MR) is 71.1 cm³/mol. The second-order valence-electron chi connectivity index (χ2n) is 4.23. The summed E-state index contributed by atoms with van der Waals surface area (Å²) >= 11 is 0. The highest BCUT2D eigenvalue weighted by molar-refractivity contribution is 5.35. The van der Waals surface area contributed by atoms with Gasteiger partial charge in [0.15, 0.2) is 0 Å². The number of hydrogen-bond acceptors (Lipinski definition) is 4. The SMILES string of the molecule is CNc1nc(C)c(CCc2cc(F)ccc2OC)o1. The number of anilines is 1. The summed E-state index contributed by atoms with van der Waals surface area (Å²) in [6.07, 6.45) is 1.29. The molecule has 0 aliphatic heterocycles. The molecule has 2 rings (SSSR count). The second-order valence-corrected chi connectivity index (χ2v) is 4.23. The van der Waals surface area contributed by atoms with Crippen LogP contribution in [-0.2, 0) is 12.8 Å². The van der Waals surface area contributed by atoms with Crippen LogP contribution in [-0.4, -0.2) is 19.1 Å². The third-order valence-electron chi connectivity index (χ3n) is 2.97. The van der Waals surface area contributed by atoms with Gasteiger partial charge in [-0.05, 0) is 37.1 Å². The van der Waals surface area contributed by atoms with Crippen molar-refractivity contribution in [1.29, 1.82) is 0 Å². The minimum Gasteiger partial charge on any atom is -0.496 e. The molecule has 0 saturated heterocycles. The summed E-state index contributed by atoms with van der Waals surface area (Å²) < 4.78 is 24.0. The predicted octanol–water partition coefficient (Wildman–Crippen LogP) is 2.96. The highest BCUT2D eigenvalue weighted by Gasteiger charge is 2.11. The van der Waals surface area contributed by atoms with Crippen molar-refractivity contribution in [2.24, 2.45) is 0 Å². The lowest BCUT2D eigenvalue weighted by atomic mass is 10.1. The zero-order valence-electron chi connectivity index (χ0n) is 11.3. The molecule has 1 aromatic carbocycles. The first-order valence-corrected chi connectivity index (χ1v) is 6.10. The van der Waals surface area contributed by atoms with Gasteiger partial charge in [-0.1, -0.05) is 0 Å². The molecule has 4 nitrogen and oxygen atoms in total. The number of nitrogens with zero attached hydrogens (tertiary/aromatic N) is 1. The zero-order valence-corrected chi connectivity index (χ0v) is 11.3. The van der Waals surface area contributed by atoms with Gasteiger partial charge < -0.3 is 14.5 Å². The van der Waals surface area contributed by atoms with E-state index in [-0.39, 0.29) is 5.82 Å². The minimum atomic E-state index is -0.263. The number of aryl methyl sites for hydroxylation is 3. The summed E-state index contributed by atoms with van der Waals surface area (Å²) in [6, 6.07) is 5.01. The van der Waals surface area contributed by atoms with Gasteiger partial charge in [0, 0.05) is 13.5 Å². The summed E-state index contributed by atoms with van der Waals surface area (Å²) in [5.41, 5.74) is 1.67. The lowest BCUT2D eigenvalue weighted by molar-refractivity contribution is 0.407. The summed E-state index contributed by atoms with van der Waals surface area (Å²) in [5, 5.41) is 2.86. The van der Waals surface area contributed by atoms with Gasteiger partial charge in [0.2, 0.25) is 0 Å². The number of hydrogen-bond donors (Lipinski definition) is 1. The van der Waals surface area contributed by atoms with E-state index in [1.165, 1.54) is 12.1 Å². The van der Waals surface area contributed by atoms with Crippen LogP contribution in [0.15, 0.2) is 22.6 Å². The Morgan fingerprint density at radius 3 is 2.79 bits per heavy atom. The molecule has 0 aliphatic carbocycles. The van der Waals surface area contributed by atoms with Crippen molar-refractivity contribution in [2.75, 3.05) is 19.5 Å². The Balaban J connectivity index is 2.13. The van der Waals surface area contributed by atoms with Crippen LogP contribution in [0.25, 0.3) is 0 Å². The van der Waals surface area contributed by atoms with Crippen LogP contribution in [0.5, 0.6) is 5.75 Å². The lowest BCUT2D eigenvalue weighted by Gasteiger charge is -2.07. The van der Waals surface area contributed by atoms with Gasteiger partial charge in [-0.25, -0.2) is 4.39 Å². The second kappa shape index (κ2) is 5.73. The summed E-state index contributed by atoms with van der Waals surface area (Å²) in [6.45, 7) is 1.89. The molecule has 0 radical (unpaired) electrons. The number of halogens is 1. The van der Waals surface area contributed by atoms with E-state index in [0.717, 1.165) is 17.0 Å². The van der Waals surface area contributed by atoms with Crippen molar-refractivity contribution < 1.29 is 13.5 Å². The Morgan fingerprint density at radius 2 is 2.16 bits per heavy atom. The Morgan fingerprint density at radius 1 is 1.37 bits per heavy atom. The molecule has 5 heteroatoms. The smallest absolute Gasteiger partial charge is 0.294 e. The van der Waals surface area contributed by atoms with Crippen LogP contribution >= 0.6 is 0 Å². The largest absolute Gasteiger partial charge is 0.496 e. The topological polar surface area (TPSA) is 47.3 Å². The molecule has 0 aliphatic rings. The molecule has 1 N–H and O–H groups in total. The maximum atomic E-state index is 13.2. The van der Waals surface area contributed by atoms with Crippen molar-refractivity contribution in [3.63, 3.8) is 0 Å². The molecule has 1 heterocycles. The summed E-state index contributed by atoms with van der Waals surface area (Å²) in [7, 11) is 3.33. The molecule has 0 unspecified atom stereocenters. The van der Waals surface area contributed by atoms with Gasteiger partial charge in [0.1, 0.15) is 17.3 Å². The molecule has 2 aromatic rings. The third kappa shape index (κ3) is 3.05. The highest BCUT2D eigenvalue weighted by atomic mass is 19.1. The Kier molecular flexibility index (Phi) is 4.04. The Labute approximate surface area is 111 Å². The van der Waals surface area contributed by atoms with Crippen molar-refractivity contribution in [3.8, 4) is 5.75 Å². The van der Waals surface area contributed by atoms with E-state index in [2.05, 4.69) is 10.3 Å². The average molecular weight is 264 g/mol. The van der Waals surface area contributed by atoms with E-state index < -0.39 is 0 Å². The number of aromatic nitrogens is 1. The number of benzene rings is 1. The van der Waals surface area contributed by atoms with Crippen molar-refractivity contribution in [3.05, 3.63) is 41.0 Å². The van der Waals surface area contributed by atoms with Crippen LogP contribution in [0, 0.1) is 12.7 Å². The molecule has 0 fully saturated rings. The number of methoxy groups -OCH3 is 1. The summed E-state index contributed by atoms with van der Waals surface area (Å²) in [4.78, 5) is 4.22. The Hall–Kier alpha value is -2.04. The molecular weight excluding hydrogens is 247 g/mol. The van der Waals surface area contributed by atoms with E-state index in [4.69, 9.17) is 9.15 Å². The molecular formula is C14H17FN2O2. The van der Waals surface area contributed by atoms with Crippen molar-refractivity contribution in [2.45, 2.75) is 19.8 Å². The maximum Gasteiger partial charge on any atom is 0.294 e. The van der Waals surface area contributed by atoms with Crippen LogP contribution in [0.4, 0.5) is 10.4 Å². The van der Waals surface area contributed by atoms with Crippen molar-refractivity contribution in [1.82, 2.24) is 4.98 Å². The first-order chi connectivity index (χ1) is 9.13. The first kappa shape index (κ1) is 13.4. The monoisotopic (exact) mass is 264 g/mol. The van der Waals surface area contributed by atoms with Gasteiger partial charge in [-0.2, -0.15) is 4.98 Å². The van der Waals surface area contributed by atoms with E-state index in [9.17, 15) is 4.39 Å². The van der Waals surface area contributed by atoms with E-state index >= 15 is 0 Å². The van der Waals surface area contributed by atoms with Crippen LogP contribution in [0.3, 0.4) is 0 Å². The van der Waals surface area contributed by atoms with Crippen LogP contribution in [0.1, 0.15) is 17.0 Å². The highest BCUT2D eigenvalue weighted by Crippen LogP contribution is 2.23. The molecule has 0 amide bonds. The van der Waals surface area contributed by atoms with E-state index in [1.807, 2.05) is 6.92 Å². The fraction of sp³-hybridized carbons (Fsp3) is 0.357. The lowest BCUT2D eigenvalue weighted by Crippen LogP contribution is -1.97. The first-order valence-electron chi connectivity index (χ1n) is 6.10. The maximum absolute atomic E-state index is 13.2. The normalized spacial score (nSPS) is 10.5. The van der Waals surface area contributed by atoms with Gasteiger partial charge in [-0.15, -0.1) is 0 Å². The molecule has 0 spiro atoms. The average Bonchev–Trinajstić information content (AvgIpc) is 2.77. The van der Waals surface area contributed by atoms with E-state index in [0.29, 0.717) is 24.6 Å². The molecule has 0 saturated carbocycles. The van der Waals surface area contributed by atoms with Gasteiger partial charge >= 0.3 is 0 Å². The number of rotatable bonds is 5. The van der Waals surface area contributed by atoms with Crippen LogP contribution < -0.4 is 10.1 Å². The number of ether oxygens (including phenoxy) is 1. The summed E-state index contributed by atoms with van der Waals surface area (Å²) in [5.74, 6) is 1.23. The molecule has 0 atom stereocenters. The fourth-order valence-electron chi connectivity index (χ4n) is 1.96. The third-order valence-corrected chi connectivity index (χ3v) is 2.97. The zero-order chi connectivity index (χ0) is 13.8. The van der Waals surface area contributed by atoms with Gasteiger partial charge in [0.05, 0.1) is 12.8 Å². The van der Waals surface area contributed by atoms with Crippen LogP contribution in [0.2, 0.25) is 0 Å². The van der Waals surface area contributed by atoms with Gasteiger partial charge in [0.25, 0.3) is 6.01 Å². The molecule has 102 valence electrons. The molecule has 0 bridgehead atoms. The fourth-order valence-corrected chi connectivity index (χ4v) is 1.96. The van der Waals surface area contributed by atoms with Crippen molar-refractivity contribution >= 4 is 6.01 Å². The number of nitrogens with one attached hydrogen (secondary N) is 1. The standard InChI is InChI=1S/C14H17FN2O2/c1-9-12(19-14(16-2)17-9)6-4-10-8-11(15)5-7-13(10)18-3/h5,7-8H,4,6H2,1-3H3,(H,16,17). The molecule has 1 aromatic heterocycles.